The van der Waals surface area contributed by atoms with Gasteiger partial charge in [-0.2, -0.15) is 0 Å². The van der Waals surface area contributed by atoms with E-state index in [1.165, 1.54) is 29.8 Å². The predicted molar refractivity (Wildman–Crippen MR) is 112 cm³/mol. The van der Waals surface area contributed by atoms with Crippen LogP contribution in [0.25, 0.3) is 0 Å². The fourth-order valence-corrected chi connectivity index (χ4v) is 2.85. The van der Waals surface area contributed by atoms with Crippen LogP contribution in [0.2, 0.25) is 5.02 Å². The smallest absolute Gasteiger partial charge is 0.269 e. The number of carbonyl (C=O) groups is 1. The van der Waals surface area contributed by atoms with Crippen molar-refractivity contribution in [3.8, 4) is 0 Å². The van der Waals surface area contributed by atoms with Gasteiger partial charge in [0.25, 0.3) is 5.69 Å². The molecule has 0 heterocycles. The SMILES string of the molecule is CCN(CCc1ccc(Cl)cc1)CCC(N)C(=O)Nc1ccc([N+](=O)[O-])cc1. The largest absolute Gasteiger partial charge is 0.325 e. The van der Waals surface area contributed by atoms with Crippen molar-refractivity contribution in [2.45, 2.75) is 25.8 Å². The average Bonchev–Trinajstić information content (AvgIpc) is 2.69. The highest BCUT2D eigenvalue weighted by atomic mass is 35.5. The van der Waals surface area contributed by atoms with E-state index in [4.69, 9.17) is 17.3 Å². The molecule has 0 aliphatic carbocycles. The van der Waals surface area contributed by atoms with Gasteiger partial charge in [-0.1, -0.05) is 30.7 Å². The summed E-state index contributed by atoms with van der Waals surface area (Å²) in [6.07, 6.45) is 1.42. The van der Waals surface area contributed by atoms with Crippen molar-refractivity contribution >= 4 is 28.9 Å². The van der Waals surface area contributed by atoms with Gasteiger partial charge in [0.2, 0.25) is 5.91 Å². The Morgan fingerprint density at radius 2 is 1.82 bits per heavy atom. The summed E-state index contributed by atoms with van der Waals surface area (Å²) >= 11 is 5.90. The fraction of sp³-hybridized carbons (Fsp3) is 0.350. The second-order valence-corrected chi connectivity index (χ2v) is 6.94. The molecule has 2 aromatic rings. The van der Waals surface area contributed by atoms with Crippen LogP contribution in [0.3, 0.4) is 0 Å². The van der Waals surface area contributed by atoms with Gasteiger partial charge in [-0.05, 0) is 49.2 Å². The van der Waals surface area contributed by atoms with Crippen molar-refractivity contribution in [2.24, 2.45) is 5.73 Å². The van der Waals surface area contributed by atoms with Gasteiger partial charge in [0, 0.05) is 35.9 Å². The molecule has 0 radical (unpaired) electrons. The number of anilines is 1. The minimum atomic E-state index is -0.653. The number of nitro benzene ring substituents is 1. The molecular weight excluding hydrogens is 380 g/mol. The van der Waals surface area contributed by atoms with Gasteiger partial charge in [-0.25, -0.2) is 0 Å². The number of halogens is 1. The Morgan fingerprint density at radius 3 is 2.39 bits per heavy atom. The van der Waals surface area contributed by atoms with Gasteiger partial charge >= 0.3 is 0 Å². The van der Waals surface area contributed by atoms with Crippen molar-refractivity contribution < 1.29 is 9.72 Å². The topological polar surface area (TPSA) is 102 Å². The molecule has 28 heavy (non-hydrogen) atoms. The molecular formula is C20H25ClN4O3. The molecule has 1 atom stereocenters. The number of carbonyl (C=O) groups excluding carboxylic acids is 1. The van der Waals surface area contributed by atoms with Gasteiger partial charge in [0.15, 0.2) is 0 Å². The van der Waals surface area contributed by atoms with Crippen molar-refractivity contribution in [3.05, 3.63) is 69.2 Å². The summed E-state index contributed by atoms with van der Waals surface area (Å²) in [5, 5.41) is 14.1. The zero-order valence-electron chi connectivity index (χ0n) is 15.8. The summed E-state index contributed by atoms with van der Waals surface area (Å²) < 4.78 is 0. The highest BCUT2D eigenvalue weighted by molar-refractivity contribution is 6.30. The van der Waals surface area contributed by atoms with Crippen LogP contribution >= 0.6 is 11.6 Å². The maximum atomic E-state index is 12.2. The zero-order chi connectivity index (χ0) is 20.5. The molecule has 2 aromatic carbocycles. The Labute approximate surface area is 169 Å². The molecule has 0 saturated heterocycles. The minimum Gasteiger partial charge on any atom is -0.325 e. The van der Waals surface area contributed by atoms with Gasteiger partial charge in [-0.15, -0.1) is 0 Å². The number of nitrogens with zero attached hydrogens (tertiary/aromatic N) is 2. The van der Waals surface area contributed by atoms with Crippen molar-refractivity contribution in [1.82, 2.24) is 4.90 Å². The Balaban J connectivity index is 1.78. The first-order valence-corrected chi connectivity index (χ1v) is 9.54. The molecule has 1 amide bonds. The number of nitrogens with two attached hydrogens (primary N) is 1. The van der Waals surface area contributed by atoms with Crippen molar-refractivity contribution in [2.75, 3.05) is 25.0 Å². The number of non-ortho nitro benzene ring substituents is 1. The fourth-order valence-electron chi connectivity index (χ4n) is 2.72. The Bertz CT molecular complexity index is 781. The molecule has 0 bridgehead atoms. The molecule has 150 valence electrons. The Kier molecular flexibility index (Phi) is 8.38. The maximum absolute atomic E-state index is 12.2. The van der Waals surface area contributed by atoms with E-state index in [2.05, 4.69) is 17.1 Å². The lowest BCUT2D eigenvalue weighted by atomic mass is 10.1. The molecule has 0 aliphatic rings. The highest BCUT2D eigenvalue weighted by Gasteiger charge is 2.15. The quantitative estimate of drug-likeness (QED) is 0.466. The summed E-state index contributed by atoms with van der Waals surface area (Å²) in [6.45, 7) is 4.52. The van der Waals surface area contributed by atoms with E-state index in [9.17, 15) is 14.9 Å². The number of rotatable bonds is 10. The molecule has 8 heteroatoms. The number of benzene rings is 2. The first-order chi connectivity index (χ1) is 13.4. The molecule has 0 fully saturated rings. The monoisotopic (exact) mass is 404 g/mol. The van der Waals surface area contributed by atoms with E-state index < -0.39 is 11.0 Å². The number of nitro groups is 1. The van der Waals surface area contributed by atoms with Crippen LogP contribution < -0.4 is 11.1 Å². The summed E-state index contributed by atoms with van der Waals surface area (Å²) in [6, 6.07) is 12.8. The number of amides is 1. The number of likely N-dealkylation sites (N-methyl/N-ethyl adjacent to an activating group) is 1. The molecule has 0 spiro atoms. The average molecular weight is 405 g/mol. The highest BCUT2D eigenvalue weighted by Crippen LogP contribution is 2.15. The lowest BCUT2D eigenvalue weighted by Gasteiger charge is -2.22. The van der Waals surface area contributed by atoms with Crippen LogP contribution in [-0.2, 0) is 11.2 Å². The van der Waals surface area contributed by atoms with E-state index in [0.717, 1.165) is 24.5 Å². The van der Waals surface area contributed by atoms with E-state index in [-0.39, 0.29) is 11.6 Å². The first kappa shape index (κ1) is 21.8. The van der Waals surface area contributed by atoms with Crippen LogP contribution in [0, 0.1) is 10.1 Å². The Hall–Kier alpha value is -2.48. The van der Waals surface area contributed by atoms with Crippen molar-refractivity contribution in [3.63, 3.8) is 0 Å². The van der Waals surface area contributed by atoms with Crippen LogP contribution in [0.4, 0.5) is 11.4 Å². The number of hydrogen-bond donors (Lipinski definition) is 2. The third kappa shape index (κ3) is 6.92. The van der Waals surface area contributed by atoms with E-state index >= 15 is 0 Å². The lowest BCUT2D eigenvalue weighted by Crippen LogP contribution is -2.39. The minimum absolute atomic E-state index is 0.0263. The van der Waals surface area contributed by atoms with Crippen LogP contribution in [0.5, 0.6) is 0 Å². The van der Waals surface area contributed by atoms with Crippen LogP contribution in [0.1, 0.15) is 18.9 Å². The normalized spacial score (nSPS) is 12.0. The predicted octanol–water partition coefficient (Wildman–Crippen LogP) is 3.47. The number of nitrogens with one attached hydrogen (secondary N) is 1. The second kappa shape index (κ2) is 10.8. The van der Waals surface area contributed by atoms with Crippen LogP contribution in [-0.4, -0.2) is 41.4 Å². The van der Waals surface area contributed by atoms with Gasteiger partial charge in [0.05, 0.1) is 11.0 Å². The van der Waals surface area contributed by atoms with Gasteiger partial charge < -0.3 is 16.0 Å². The molecule has 0 saturated carbocycles. The molecule has 3 N–H and O–H groups in total. The van der Waals surface area contributed by atoms with Crippen LogP contribution in [0.15, 0.2) is 48.5 Å². The maximum Gasteiger partial charge on any atom is 0.269 e. The summed E-state index contributed by atoms with van der Waals surface area (Å²) in [5.74, 6) is -0.303. The molecule has 7 nitrogen and oxygen atoms in total. The zero-order valence-corrected chi connectivity index (χ0v) is 16.6. The van der Waals surface area contributed by atoms with Crippen molar-refractivity contribution in [1.29, 1.82) is 0 Å². The standard InChI is InChI=1S/C20H25ClN4O3/c1-2-24(13-11-15-3-5-16(21)6-4-15)14-12-19(22)20(26)23-17-7-9-18(10-8-17)25(27)28/h3-10,19H,2,11-14,22H2,1H3,(H,23,26). The summed E-state index contributed by atoms with van der Waals surface area (Å²) in [7, 11) is 0. The molecule has 1 unspecified atom stereocenters. The van der Waals surface area contributed by atoms with E-state index in [1.807, 2.05) is 24.3 Å². The molecule has 0 aliphatic heterocycles. The van der Waals surface area contributed by atoms with Gasteiger partial charge in [-0.3, -0.25) is 14.9 Å². The van der Waals surface area contributed by atoms with E-state index in [1.54, 1.807) is 0 Å². The first-order valence-electron chi connectivity index (χ1n) is 9.16. The third-order valence-corrected chi connectivity index (χ3v) is 4.77. The number of hydrogen-bond acceptors (Lipinski definition) is 5. The lowest BCUT2D eigenvalue weighted by molar-refractivity contribution is -0.384. The van der Waals surface area contributed by atoms with E-state index in [0.29, 0.717) is 18.7 Å². The summed E-state index contributed by atoms with van der Waals surface area (Å²) in [4.78, 5) is 24.7. The second-order valence-electron chi connectivity index (χ2n) is 6.50. The third-order valence-electron chi connectivity index (χ3n) is 4.52. The Morgan fingerprint density at radius 1 is 1.18 bits per heavy atom. The van der Waals surface area contributed by atoms with Gasteiger partial charge in [0.1, 0.15) is 0 Å². The summed E-state index contributed by atoms with van der Waals surface area (Å²) in [5.41, 5.74) is 7.68. The molecule has 2 rings (SSSR count). The molecule has 0 aromatic heterocycles.